The standard InChI is InChI=1S/C21H23FN4O2.2ClH/c1-13-11-14(19-24-17-12-15(22)4-6-18(17)26(19)2)3-5-16(13)25-20(27)21(23)7-9-28-10-8-21;;/h3-6,11-12H,7-10,23H2,1-2H3,(H,25,27);2*1H. The summed E-state index contributed by atoms with van der Waals surface area (Å²) < 4.78 is 20.7. The van der Waals surface area contributed by atoms with Crippen molar-refractivity contribution in [3.05, 3.63) is 47.8 Å². The second-order valence-corrected chi connectivity index (χ2v) is 7.38. The van der Waals surface area contributed by atoms with Crippen LogP contribution in [0.1, 0.15) is 18.4 Å². The number of aromatic nitrogens is 2. The lowest BCUT2D eigenvalue weighted by atomic mass is 9.90. The zero-order chi connectivity index (χ0) is 19.9. The summed E-state index contributed by atoms with van der Waals surface area (Å²) in [5, 5.41) is 2.95. The summed E-state index contributed by atoms with van der Waals surface area (Å²) in [5.74, 6) is 0.237. The largest absolute Gasteiger partial charge is 0.381 e. The van der Waals surface area contributed by atoms with Crippen LogP contribution in [0, 0.1) is 12.7 Å². The van der Waals surface area contributed by atoms with Crippen molar-refractivity contribution in [3.8, 4) is 11.4 Å². The molecule has 162 valence electrons. The van der Waals surface area contributed by atoms with Gasteiger partial charge in [-0.2, -0.15) is 0 Å². The van der Waals surface area contributed by atoms with E-state index in [-0.39, 0.29) is 36.5 Å². The average molecular weight is 455 g/mol. The maximum Gasteiger partial charge on any atom is 0.244 e. The maximum atomic E-state index is 13.5. The van der Waals surface area contributed by atoms with E-state index < -0.39 is 5.54 Å². The molecular formula is C21H25Cl2FN4O2. The number of benzene rings is 2. The molecule has 1 aliphatic rings. The van der Waals surface area contributed by atoms with Crippen LogP contribution in [-0.4, -0.2) is 34.2 Å². The average Bonchev–Trinajstić information content (AvgIpc) is 2.99. The van der Waals surface area contributed by atoms with E-state index >= 15 is 0 Å². The Labute approximate surface area is 186 Å². The van der Waals surface area contributed by atoms with Crippen LogP contribution in [0.4, 0.5) is 10.1 Å². The third kappa shape index (κ3) is 4.44. The van der Waals surface area contributed by atoms with E-state index in [9.17, 15) is 9.18 Å². The molecule has 30 heavy (non-hydrogen) atoms. The third-order valence-corrected chi connectivity index (χ3v) is 5.41. The van der Waals surface area contributed by atoms with E-state index in [0.717, 1.165) is 28.2 Å². The number of fused-ring (bicyclic) bond motifs is 1. The molecule has 1 fully saturated rings. The molecule has 1 amide bonds. The van der Waals surface area contributed by atoms with Gasteiger partial charge in [-0.1, -0.05) is 0 Å². The molecule has 4 rings (SSSR count). The summed E-state index contributed by atoms with van der Waals surface area (Å²) in [7, 11) is 1.90. The van der Waals surface area contributed by atoms with Gasteiger partial charge in [-0.25, -0.2) is 9.37 Å². The molecule has 0 atom stereocenters. The Morgan fingerprint density at radius 1 is 1.20 bits per heavy atom. The van der Waals surface area contributed by atoms with Gasteiger partial charge >= 0.3 is 0 Å². The smallest absolute Gasteiger partial charge is 0.244 e. The van der Waals surface area contributed by atoms with Crippen molar-refractivity contribution in [2.75, 3.05) is 18.5 Å². The lowest BCUT2D eigenvalue weighted by Crippen LogP contribution is -2.54. The van der Waals surface area contributed by atoms with Gasteiger partial charge in [0.1, 0.15) is 17.2 Å². The number of amides is 1. The molecular weight excluding hydrogens is 430 g/mol. The Bertz CT molecular complexity index is 1060. The number of hydrogen-bond donors (Lipinski definition) is 2. The van der Waals surface area contributed by atoms with Gasteiger partial charge < -0.3 is 20.4 Å². The van der Waals surface area contributed by atoms with Crippen molar-refractivity contribution in [2.24, 2.45) is 12.8 Å². The Morgan fingerprint density at radius 2 is 1.90 bits per heavy atom. The fourth-order valence-electron chi connectivity index (χ4n) is 3.58. The zero-order valence-electron chi connectivity index (χ0n) is 16.8. The van der Waals surface area contributed by atoms with E-state index in [1.807, 2.05) is 36.7 Å². The van der Waals surface area contributed by atoms with Gasteiger partial charge in [-0.05, 0) is 55.7 Å². The highest BCUT2D eigenvalue weighted by molar-refractivity contribution is 5.98. The lowest BCUT2D eigenvalue weighted by Gasteiger charge is -2.32. The molecule has 1 aliphatic heterocycles. The molecule has 0 radical (unpaired) electrons. The van der Waals surface area contributed by atoms with Gasteiger partial charge in [-0.3, -0.25) is 4.79 Å². The van der Waals surface area contributed by atoms with Crippen LogP contribution in [-0.2, 0) is 16.6 Å². The van der Waals surface area contributed by atoms with Crippen LogP contribution in [0.15, 0.2) is 36.4 Å². The van der Waals surface area contributed by atoms with Crippen molar-refractivity contribution < 1.29 is 13.9 Å². The quantitative estimate of drug-likeness (QED) is 0.626. The highest BCUT2D eigenvalue weighted by Crippen LogP contribution is 2.28. The molecule has 1 saturated heterocycles. The third-order valence-electron chi connectivity index (χ3n) is 5.41. The molecule has 2 heterocycles. The highest BCUT2D eigenvalue weighted by atomic mass is 35.5. The van der Waals surface area contributed by atoms with Crippen molar-refractivity contribution in [2.45, 2.75) is 25.3 Å². The van der Waals surface area contributed by atoms with Gasteiger partial charge in [0.05, 0.1) is 11.0 Å². The number of anilines is 1. The van der Waals surface area contributed by atoms with Crippen LogP contribution in [0.25, 0.3) is 22.4 Å². The van der Waals surface area contributed by atoms with Crippen molar-refractivity contribution in [3.63, 3.8) is 0 Å². The summed E-state index contributed by atoms with van der Waals surface area (Å²) in [6.45, 7) is 2.92. The first kappa shape index (κ1) is 24.1. The number of nitrogens with two attached hydrogens (primary N) is 1. The highest BCUT2D eigenvalue weighted by Gasteiger charge is 2.36. The summed E-state index contributed by atoms with van der Waals surface area (Å²) in [5.41, 5.74) is 9.34. The van der Waals surface area contributed by atoms with Gasteiger partial charge in [-0.15, -0.1) is 24.8 Å². The Kier molecular flexibility index (Phi) is 7.47. The SMILES string of the molecule is Cc1cc(-c2nc3cc(F)ccc3n2C)ccc1NC(=O)C1(N)CCOCC1.Cl.Cl. The molecule has 6 nitrogen and oxygen atoms in total. The number of halogens is 3. The summed E-state index contributed by atoms with van der Waals surface area (Å²) in [6, 6.07) is 10.3. The molecule has 0 bridgehead atoms. The van der Waals surface area contributed by atoms with Crippen LogP contribution < -0.4 is 11.1 Å². The summed E-state index contributed by atoms with van der Waals surface area (Å²) in [4.78, 5) is 17.2. The van der Waals surface area contributed by atoms with E-state index in [4.69, 9.17) is 10.5 Å². The van der Waals surface area contributed by atoms with Crippen molar-refractivity contribution >= 4 is 47.4 Å². The van der Waals surface area contributed by atoms with Gasteiger partial charge in [0.2, 0.25) is 5.91 Å². The van der Waals surface area contributed by atoms with Gasteiger partial charge in [0.25, 0.3) is 0 Å². The maximum absolute atomic E-state index is 13.5. The van der Waals surface area contributed by atoms with E-state index in [0.29, 0.717) is 31.6 Å². The number of aryl methyl sites for hydroxylation is 2. The topological polar surface area (TPSA) is 82.2 Å². The number of carbonyl (C=O) groups is 1. The first-order valence-corrected chi connectivity index (χ1v) is 9.28. The molecule has 9 heteroatoms. The zero-order valence-corrected chi connectivity index (χ0v) is 18.4. The molecule has 0 saturated carbocycles. The first-order chi connectivity index (χ1) is 13.4. The fourth-order valence-corrected chi connectivity index (χ4v) is 3.58. The number of nitrogens with one attached hydrogen (secondary N) is 1. The molecule has 0 spiro atoms. The lowest BCUT2D eigenvalue weighted by molar-refractivity contribution is -0.124. The number of rotatable bonds is 3. The Hall–Kier alpha value is -2.19. The number of hydrogen-bond acceptors (Lipinski definition) is 4. The normalized spacial score (nSPS) is 15.2. The fraction of sp³-hybridized carbons (Fsp3) is 0.333. The van der Waals surface area contributed by atoms with Gasteiger partial charge in [0, 0.05) is 37.6 Å². The number of imidazole rings is 1. The Morgan fingerprint density at radius 3 is 2.57 bits per heavy atom. The van der Waals surface area contributed by atoms with Crippen LogP contribution in [0.2, 0.25) is 0 Å². The van der Waals surface area contributed by atoms with E-state index in [2.05, 4.69) is 10.3 Å². The van der Waals surface area contributed by atoms with E-state index in [1.54, 1.807) is 6.07 Å². The van der Waals surface area contributed by atoms with Crippen molar-refractivity contribution in [1.29, 1.82) is 0 Å². The summed E-state index contributed by atoms with van der Waals surface area (Å²) >= 11 is 0. The molecule has 1 aromatic heterocycles. The minimum atomic E-state index is -0.898. The van der Waals surface area contributed by atoms with Gasteiger partial charge in [0.15, 0.2) is 0 Å². The monoisotopic (exact) mass is 454 g/mol. The minimum absolute atomic E-state index is 0. The molecule has 2 aromatic carbocycles. The molecule has 0 unspecified atom stereocenters. The van der Waals surface area contributed by atoms with Crippen LogP contribution >= 0.6 is 24.8 Å². The summed E-state index contributed by atoms with van der Waals surface area (Å²) in [6.07, 6.45) is 1.01. The number of ether oxygens (including phenoxy) is 1. The Balaban J connectivity index is 0.00000160. The van der Waals surface area contributed by atoms with Crippen LogP contribution in [0.3, 0.4) is 0 Å². The number of carbonyl (C=O) groups excluding carboxylic acids is 1. The predicted molar refractivity (Wildman–Crippen MR) is 121 cm³/mol. The number of nitrogens with zero attached hydrogens (tertiary/aromatic N) is 2. The molecule has 0 aliphatic carbocycles. The van der Waals surface area contributed by atoms with Crippen molar-refractivity contribution in [1.82, 2.24) is 9.55 Å². The first-order valence-electron chi connectivity index (χ1n) is 9.28. The molecule has 3 N–H and O–H groups in total. The van der Waals surface area contributed by atoms with Crippen LogP contribution in [0.5, 0.6) is 0 Å². The predicted octanol–water partition coefficient (Wildman–Crippen LogP) is 3.98. The second kappa shape index (κ2) is 9.31. The minimum Gasteiger partial charge on any atom is -0.381 e. The molecule has 3 aromatic rings. The van der Waals surface area contributed by atoms with E-state index in [1.165, 1.54) is 12.1 Å². The second-order valence-electron chi connectivity index (χ2n) is 7.38.